The molecule has 1 aromatic heterocycles. The number of methoxy groups -OCH3 is 1. The van der Waals surface area contributed by atoms with Gasteiger partial charge in [-0.3, -0.25) is 4.79 Å². The summed E-state index contributed by atoms with van der Waals surface area (Å²) in [6.45, 7) is 2.37. The zero-order chi connectivity index (χ0) is 26.9. The van der Waals surface area contributed by atoms with Crippen LogP contribution in [-0.2, 0) is 16.4 Å². The van der Waals surface area contributed by atoms with E-state index in [-0.39, 0.29) is 5.91 Å². The summed E-state index contributed by atoms with van der Waals surface area (Å²) in [5, 5.41) is 17.0. The van der Waals surface area contributed by atoms with E-state index in [0.717, 1.165) is 23.3 Å². The highest BCUT2D eigenvalue weighted by Crippen LogP contribution is 2.50. The number of ether oxygens (including phenoxy) is 2. The number of anilines is 1. The molecule has 0 spiro atoms. The highest BCUT2D eigenvalue weighted by Gasteiger charge is 2.52. The van der Waals surface area contributed by atoms with Gasteiger partial charge in [0.15, 0.2) is 17.3 Å². The summed E-state index contributed by atoms with van der Waals surface area (Å²) in [6.07, 6.45) is -3.56. The van der Waals surface area contributed by atoms with E-state index in [1.807, 2.05) is 31.2 Å². The molecule has 3 aromatic carbocycles. The number of nitrogens with zero attached hydrogens (tertiary/aromatic N) is 3. The highest BCUT2D eigenvalue weighted by atomic mass is 19.4. The smallest absolute Gasteiger partial charge is 0.416 e. The van der Waals surface area contributed by atoms with Crippen LogP contribution in [0.5, 0.6) is 11.5 Å². The first-order chi connectivity index (χ1) is 18.2. The third-order valence-corrected chi connectivity index (χ3v) is 6.58. The zero-order valence-electron chi connectivity index (χ0n) is 20.6. The van der Waals surface area contributed by atoms with Crippen LogP contribution in [-0.4, -0.2) is 40.2 Å². The third kappa shape index (κ3) is 4.79. The van der Waals surface area contributed by atoms with Gasteiger partial charge in [-0.25, -0.2) is 5.10 Å². The van der Waals surface area contributed by atoms with Crippen LogP contribution in [0.2, 0.25) is 0 Å². The van der Waals surface area contributed by atoms with Crippen LogP contribution in [0.3, 0.4) is 0 Å². The fourth-order valence-electron chi connectivity index (χ4n) is 4.47. The standard InChI is InChI=1S/C27H24F3N5O3/c1-3-38-22-10-7-16(13-23(22)37-2)20-9-8-19(15-21(20)24-32-34-35-33-24)31-25(36)26(11-12-26)17-5-4-6-18(14-17)27(28,29)30/h4-10,13-15H,3,11-12H2,1-2H3,(H,31,36)(H,32,33,34,35). The van der Waals surface area contributed by atoms with E-state index >= 15 is 0 Å². The summed E-state index contributed by atoms with van der Waals surface area (Å²) in [6, 6.07) is 15.7. The topological polar surface area (TPSA) is 102 Å². The lowest BCUT2D eigenvalue weighted by molar-refractivity contribution is -0.137. The molecule has 1 amide bonds. The molecular weight excluding hydrogens is 499 g/mol. The van der Waals surface area contributed by atoms with Crippen LogP contribution >= 0.6 is 0 Å². The molecule has 0 radical (unpaired) electrons. The first kappa shape index (κ1) is 25.2. The molecule has 196 valence electrons. The Balaban J connectivity index is 1.47. The monoisotopic (exact) mass is 523 g/mol. The molecule has 4 aromatic rings. The minimum Gasteiger partial charge on any atom is -0.493 e. The summed E-state index contributed by atoms with van der Waals surface area (Å²) in [4.78, 5) is 13.3. The number of aromatic nitrogens is 4. The maximum absolute atomic E-state index is 13.3. The van der Waals surface area contributed by atoms with Gasteiger partial charge < -0.3 is 14.8 Å². The lowest BCUT2D eigenvalue weighted by Gasteiger charge is -2.18. The molecule has 0 bridgehead atoms. The van der Waals surface area contributed by atoms with Crippen molar-refractivity contribution < 1.29 is 27.4 Å². The lowest BCUT2D eigenvalue weighted by atomic mass is 9.93. The van der Waals surface area contributed by atoms with Crippen molar-refractivity contribution in [1.82, 2.24) is 20.6 Å². The Morgan fingerprint density at radius 3 is 2.53 bits per heavy atom. The number of nitrogens with one attached hydrogen (secondary N) is 2. The molecule has 1 fully saturated rings. The van der Waals surface area contributed by atoms with Gasteiger partial charge in [-0.1, -0.05) is 30.3 Å². The number of hydrogen-bond acceptors (Lipinski definition) is 6. The van der Waals surface area contributed by atoms with E-state index in [4.69, 9.17) is 9.47 Å². The maximum Gasteiger partial charge on any atom is 0.416 e. The van der Waals surface area contributed by atoms with Crippen LogP contribution in [0.1, 0.15) is 30.9 Å². The van der Waals surface area contributed by atoms with Crippen molar-refractivity contribution >= 4 is 11.6 Å². The van der Waals surface area contributed by atoms with Crippen LogP contribution < -0.4 is 14.8 Å². The molecule has 2 N–H and O–H groups in total. The second kappa shape index (κ2) is 9.81. The van der Waals surface area contributed by atoms with E-state index in [1.165, 1.54) is 6.07 Å². The number of aromatic amines is 1. The van der Waals surface area contributed by atoms with Gasteiger partial charge in [-0.15, -0.1) is 5.10 Å². The largest absolute Gasteiger partial charge is 0.493 e. The van der Waals surface area contributed by atoms with Gasteiger partial charge in [-0.2, -0.15) is 13.2 Å². The van der Waals surface area contributed by atoms with Crippen LogP contribution in [0.25, 0.3) is 22.5 Å². The van der Waals surface area contributed by atoms with Crippen molar-refractivity contribution in [2.24, 2.45) is 0 Å². The summed E-state index contributed by atoms with van der Waals surface area (Å²) < 4.78 is 50.9. The summed E-state index contributed by atoms with van der Waals surface area (Å²) in [5.41, 5.74) is 1.21. The van der Waals surface area contributed by atoms with Crippen molar-refractivity contribution in [1.29, 1.82) is 0 Å². The molecule has 0 unspecified atom stereocenters. The Labute approximate surface area is 216 Å². The summed E-state index contributed by atoms with van der Waals surface area (Å²) in [7, 11) is 1.56. The molecule has 1 aliphatic carbocycles. The Kier molecular flexibility index (Phi) is 6.52. The van der Waals surface area contributed by atoms with Gasteiger partial charge in [-0.05, 0) is 77.2 Å². The number of rotatable bonds is 8. The van der Waals surface area contributed by atoms with Crippen LogP contribution in [0.15, 0.2) is 60.7 Å². The van der Waals surface area contributed by atoms with Crippen LogP contribution in [0.4, 0.5) is 18.9 Å². The molecule has 1 heterocycles. The highest BCUT2D eigenvalue weighted by molar-refractivity contribution is 6.02. The molecule has 11 heteroatoms. The number of hydrogen-bond donors (Lipinski definition) is 2. The van der Waals surface area contributed by atoms with Gasteiger partial charge in [0.2, 0.25) is 5.91 Å². The predicted octanol–water partition coefficient (Wildman–Crippen LogP) is 5.63. The molecule has 0 aliphatic heterocycles. The molecule has 1 saturated carbocycles. The fourth-order valence-corrected chi connectivity index (χ4v) is 4.47. The average molecular weight is 524 g/mol. The second-order valence-electron chi connectivity index (χ2n) is 8.92. The Hall–Kier alpha value is -4.41. The van der Waals surface area contributed by atoms with Gasteiger partial charge in [0.25, 0.3) is 0 Å². The zero-order valence-corrected chi connectivity index (χ0v) is 20.6. The number of H-pyrrole nitrogens is 1. The Bertz CT molecular complexity index is 1470. The first-order valence-electron chi connectivity index (χ1n) is 11.9. The summed E-state index contributed by atoms with van der Waals surface area (Å²) in [5.74, 6) is 1.17. The molecule has 0 saturated heterocycles. The second-order valence-corrected chi connectivity index (χ2v) is 8.92. The van der Waals surface area contributed by atoms with E-state index in [9.17, 15) is 18.0 Å². The lowest BCUT2D eigenvalue weighted by Crippen LogP contribution is -2.28. The number of alkyl halides is 3. The van der Waals surface area contributed by atoms with E-state index in [0.29, 0.717) is 53.6 Å². The maximum atomic E-state index is 13.3. The number of benzene rings is 3. The quantitative estimate of drug-likeness (QED) is 0.310. The van der Waals surface area contributed by atoms with Crippen molar-refractivity contribution in [2.75, 3.05) is 19.0 Å². The molecule has 8 nitrogen and oxygen atoms in total. The van der Waals surface area contributed by atoms with Crippen molar-refractivity contribution in [2.45, 2.75) is 31.4 Å². The van der Waals surface area contributed by atoms with Gasteiger partial charge in [0.05, 0.1) is 24.7 Å². The van der Waals surface area contributed by atoms with Gasteiger partial charge in [0.1, 0.15) is 0 Å². The molecule has 0 atom stereocenters. The molecule has 5 rings (SSSR count). The number of tetrazole rings is 1. The van der Waals surface area contributed by atoms with E-state index < -0.39 is 17.2 Å². The van der Waals surface area contributed by atoms with E-state index in [1.54, 1.807) is 25.3 Å². The average Bonchev–Trinajstić information content (AvgIpc) is 3.55. The predicted molar refractivity (Wildman–Crippen MR) is 134 cm³/mol. The van der Waals surface area contributed by atoms with Crippen molar-refractivity contribution in [3.05, 3.63) is 71.8 Å². The minimum absolute atomic E-state index is 0.350. The number of carbonyl (C=O) groups is 1. The van der Waals surface area contributed by atoms with Crippen molar-refractivity contribution in [3.8, 4) is 34.0 Å². The molecule has 1 aliphatic rings. The number of amides is 1. The number of carbonyl (C=O) groups excluding carboxylic acids is 1. The summed E-state index contributed by atoms with van der Waals surface area (Å²) >= 11 is 0. The van der Waals surface area contributed by atoms with Crippen LogP contribution in [0, 0.1) is 0 Å². The Morgan fingerprint density at radius 1 is 1.05 bits per heavy atom. The Morgan fingerprint density at radius 2 is 1.87 bits per heavy atom. The third-order valence-electron chi connectivity index (χ3n) is 6.58. The molecule has 38 heavy (non-hydrogen) atoms. The SMILES string of the molecule is CCOc1ccc(-c2ccc(NC(=O)C3(c4cccc(C(F)(F)F)c4)CC3)cc2-c2nnn[nH]2)cc1OC. The first-order valence-corrected chi connectivity index (χ1v) is 11.9. The van der Waals surface area contributed by atoms with E-state index in [2.05, 4.69) is 25.9 Å². The normalized spacial score (nSPS) is 14.1. The molecular formula is C27H24F3N5O3. The number of halogens is 3. The van der Waals surface area contributed by atoms with Crippen molar-refractivity contribution in [3.63, 3.8) is 0 Å². The van der Waals surface area contributed by atoms with Gasteiger partial charge >= 0.3 is 6.18 Å². The fraction of sp³-hybridized carbons (Fsp3) is 0.259. The minimum atomic E-state index is -4.48. The van der Waals surface area contributed by atoms with Gasteiger partial charge in [0, 0.05) is 11.3 Å².